The van der Waals surface area contributed by atoms with Crippen molar-refractivity contribution in [2.45, 2.75) is 33.4 Å². The Labute approximate surface area is 260 Å². The molecule has 1 aliphatic heterocycles. The number of esters is 1. The monoisotopic (exact) mass is 636 g/mol. The second kappa shape index (κ2) is 12.6. The highest BCUT2D eigenvalue weighted by atomic mass is 35.5. The first kappa shape index (κ1) is 30.3. The number of aromatic carboxylic acids is 1. The molecule has 0 amide bonds. The van der Waals surface area contributed by atoms with Gasteiger partial charge in [-0.3, -0.25) is 9.36 Å². The summed E-state index contributed by atoms with van der Waals surface area (Å²) in [6.07, 6.45) is 1.67. The van der Waals surface area contributed by atoms with Gasteiger partial charge in [-0.15, -0.1) is 0 Å². The summed E-state index contributed by atoms with van der Waals surface area (Å²) < 4.78 is 13.1. The average Bonchev–Trinajstić information content (AvgIpc) is 3.26. The number of thiazole rings is 1. The fourth-order valence-corrected chi connectivity index (χ4v) is 6.37. The van der Waals surface area contributed by atoms with Crippen molar-refractivity contribution in [2.75, 3.05) is 6.61 Å². The van der Waals surface area contributed by atoms with Crippen molar-refractivity contribution in [2.24, 2.45) is 4.99 Å². The number of rotatable bonds is 8. The third-order valence-corrected chi connectivity index (χ3v) is 8.36. The van der Waals surface area contributed by atoms with Gasteiger partial charge < -0.3 is 14.6 Å². The second-order valence-electron chi connectivity index (χ2n) is 9.82. The Bertz CT molecular complexity index is 1920. The molecule has 1 atom stereocenters. The molecule has 0 unspecified atom stereocenters. The lowest BCUT2D eigenvalue weighted by Crippen LogP contribution is -2.39. The van der Waals surface area contributed by atoms with E-state index in [4.69, 9.17) is 37.8 Å². The van der Waals surface area contributed by atoms with Crippen LogP contribution < -0.4 is 19.6 Å². The van der Waals surface area contributed by atoms with Crippen LogP contribution in [0.3, 0.4) is 0 Å². The summed E-state index contributed by atoms with van der Waals surface area (Å²) >= 11 is 14.3. The first-order chi connectivity index (χ1) is 20.6. The molecule has 8 nitrogen and oxygen atoms in total. The molecule has 0 bridgehead atoms. The van der Waals surface area contributed by atoms with Gasteiger partial charge in [0.1, 0.15) is 6.61 Å². The minimum atomic E-state index is -1.01. The topological polar surface area (TPSA) is 107 Å². The summed E-state index contributed by atoms with van der Waals surface area (Å²) in [5.41, 5.74) is 3.78. The largest absolute Gasteiger partial charge is 0.486 e. The number of carboxylic acid groups (broad SMARTS) is 1. The van der Waals surface area contributed by atoms with Crippen molar-refractivity contribution in [1.29, 1.82) is 0 Å². The van der Waals surface area contributed by atoms with E-state index in [1.807, 2.05) is 31.2 Å². The van der Waals surface area contributed by atoms with E-state index in [0.29, 0.717) is 26.2 Å². The smallest absolute Gasteiger partial charge is 0.338 e. The zero-order chi connectivity index (χ0) is 30.8. The zero-order valence-electron chi connectivity index (χ0n) is 23.4. The molecule has 1 N–H and O–H groups in total. The lowest BCUT2D eigenvalue weighted by molar-refractivity contribution is -0.139. The van der Waals surface area contributed by atoms with Gasteiger partial charge in [0.05, 0.1) is 44.1 Å². The molecule has 0 aliphatic carbocycles. The number of hydrogen-bond acceptors (Lipinski definition) is 7. The highest BCUT2D eigenvalue weighted by Gasteiger charge is 2.33. The Hall–Kier alpha value is -4.18. The van der Waals surface area contributed by atoms with Crippen molar-refractivity contribution >= 4 is 52.6 Å². The van der Waals surface area contributed by atoms with Gasteiger partial charge >= 0.3 is 11.9 Å². The third kappa shape index (κ3) is 6.29. The Balaban J connectivity index is 1.51. The standard InChI is InChI=1S/C32H26Cl2N2O6S/c1-4-41-31(40)26-18(3)35-32-36(27(26)21-9-5-17(2)6-10-21)29(37)25(43-32)15-20-13-23(33)28(24(34)14-20)42-16-19-7-11-22(12-8-19)30(38)39/h5-15,27H,4,16H2,1-3H3,(H,38,39)/b25-15+/t27-/m0/s1. The predicted molar refractivity (Wildman–Crippen MR) is 166 cm³/mol. The number of nitrogens with zero attached hydrogens (tertiary/aromatic N) is 2. The quantitative estimate of drug-likeness (QED) is 0.249. The molecular weight excluding hydrogens is 611 g/mol. The molecule has 5 rings (SSSR count). The third-order valence-electron chi connectivity index (χ3n) is 6.81. The minimum Gasteiger partial charge on any atom is -0.486 e. The molecule has 0 saturated heterocycles. The van der Waals surface area contributed by atoms with Crippen molar-refractivity contribution in [3.05, 3.63) is 129 Å². The summed E-state index contributed by atoms with van der Waals surface area (Å²) in [5, 5.41) is 9.56. The van der Waals surface area contributed by atoms with Gasteiger partial charge in [-0.2, -0.15) is 0 Å². The number of ether oxygens (including phenoxy) is 2. The van der Waals surface area contributed by atoms with Crippen LogP contribution in [0.4, 0.5) is 0 Å². The van der Waals surface area contributed by atoms with Crippen LogP contribution in [-0.2, 0) is 16.1 Å². The fourth-order valence-electron chi connectivity index (χ4n) is 4.71. The second-order valence-corrected chi connectivity index (χ2v) is 11.6. The first-order valence-electron chi connectivity index (χ1n) is 13.3. The van der Waals surface area contributed by atoms with Gasteiger partial charge in [-0.25, -0.2) is 14.6 Å². The van der Waals surface area contributed by atoms with E-state index in [9.17, 15) is 14.4 Å². The zero-order valence-corrected chi connectivity index (χ0v) is 25.7. The SMILES string of the molecule is CCOC(=O)C1=C(C)N=c2s/c(=C/c3cc(Cl)c(OCc4ccc(C(=O)O)cc4)c(Cl)c3)c(=O)n2[C@H]1c1ccc(C)cc1. The molecule has 0 fully saturated rings. The summed E-state index contributed by atoms with van der Waals surface area (Å²) in [5.74, 6) is -1.27. The van der Waals surface area contributed by atoms with Crippen LogP contribution >= 0.6 is 34.5 Å². The summed E-state index contributed by atoms with van der Waals surface area (Å²) in [6, 6.07) is 16.5. The average molecular weight is 638 g/mol. The lowest BCUT2D eigenvalue weighted by Gasteiger charge is -2.24. The van der Waals surface area contributed by atoms with Crippen LogP contribution in [0.15, 0.2) is 81.7 Å². The molecule has 4 aromatic rings. The number of carbonyl (C=O) groups is 2. The van der Waals surface area contributed by atoms with Crippen LogP contribution in [-0.4, -0.2) is 28.2 Å². The molecule has 0 saturated carbocycles. The van der Waals surface area contributed by atoms with E-state index >= 15 is 0 Å². The summed E-state index contributed by atoms with van der Waals surface area (Å²) in [6.45, 7) is 5.75. The number of benzene rings is 3. The van der Waals surface area contributed by atoms with Gasteiger partial charge in [0.2, 0.25) is 0 Å². The van der Waals surface area contributed by atoms with Crippen molar-refractivity contribution in [1.82, 2.24) is 4.57 Å². The van der Waals surface area contributed by atoms with Crippen LogP contribution in [0.2, 0.25) is 10.0 Å². The van der Waals surface area contributed by atoms with Crippen molar-refractivity contribution in [3.8, 4) is 5.75 Å². The number of carboxylic acids is 1. The Kier molecular flexibility index (Phi) is 8.87. The fraction of sp³-hybridized carbons (Fsp3) is 0.188. The molecule has 0 spiro atoms. The highest BCUT2D eigenvalue weighted by Crippen LogP contribution is 2.35. The number of carbonyl (C=O) groups excluding carboxylic acids is 1. The number of hydrogen-bond donors (Lipinski definition) is 1. The molecule has 1 aromatic heterocycles. The van der Waals surface area contributed by atoms with Gasteiger partial charge in [0, 0.05) is 0 Å². The van der Waals surface area contributed by atoms with Gasteiger partial charge in [0.15, 0.2) is 10.6 Å². The number of aromatic nitrogens is 1. The maximum absolute atomic E-state index is 13.8. The molecule has 43 heavy (non-hydrogen) atoms. The van der Waals surface area contributed by atoms with Gasteiger partial charge in [-0.05, 0) is 67.8 Å². The maximum Gasteiger partial charge on any atom is 0.338 e. The van der Waals surface area contributed by atoms with E-state index < -0.39 is 18.0 Å². The molecule has 3 aromatic carbocycles. The van der Waals surface area contributed by atoms with E-state index in [0.717, 1.165) is 16.7 Å². The Morgan fingerprint density at radius 3 is 2.30 bits per heavy atom. The summed E-state index contributed by atoms with van der Waals surface area (Å²) in [4.78, 5) is 43.0. The van der Waals surface area contributed by atoms with Crippen LogP contribution in [0.1, 0.15) is 52.5 Å². The maximum atomic E-state index is 13.8. The molecular formula is C32H26Cl2N2O6S. The number of allylic oxidation sites excluding steroid dienone is 1. The van der Waals surface area contributed by atoms with E-state index in [2.05, 4.69) is 4.99 Å². The first-order valence-corrected chi connectivity index (χ1v) is 14.8. The normalized spacial score (nSPS) is 14.7. The molecule has 1 aliphatic rings. The minimum absolute atomic E-state index is 0.123. The van der Waals surface area contributed by atoms with Crippen LogP contribution in [0.5, 0.6) is 5.75 Å². The van der Waals surface area contributed by atoms with E-state index in [-0.39, 0.29) is 40.1 Å². The molecule has 0 radical (unpaired) electrons. The van der Waals surface area contributed by atoms with Gasteiger partial charge in [0.25, 0.3) is 5.56 Å². The molecule has 220 valence electrons. The van der Waals surface area contributed by atoms with E-state index in [1.165, 1.54) is 28.0 Å². The number of aryl methyl sites for hydroxylation is 1. The predicted octanol–water partition coefficient (Wildman–Crippen LogP) is 5.69. The molecule has 11 heteroatoms. The lowest BCUT2D eigenvalue weighted by atomic mass is 9.95. The Morgan fingerprint density at radius 2 is 1.70 bits per heavy atom. The highest BCUT2D eigenvalue weighted by molar-refractivity contribution is 7.07. The van der Waals surface area contributed by atoms with Crippen LogP contribution in [0, 0.1) is 6.92 Å². The van der Waals surface area contributed by atoms with Gasteiger partial charge in [-0.1, -0.05) is 76.5 Å². The summed E-state index contributed by atoms with van der Waals surface area (Å²) in [7, 11) is 0. The van der Waals surface area contributed by atoms with Crippen molar-refractivity contribution in [3.63, 3.8) is 0 Å². The van der Waals surface area contributed by atoms with Crippen LogP contribution in [0.25, 0.3) is 6.08 Å². The van der Waals surface area contributed by atoms with E-state index in [1.54, 1.807) is 44.2 Å². The Morgan fingerprint density at radius 1 is 1.05 bits per heavy atom. The molecule has 2 heterocycles. The van der Waals surface area contributed by atoms with Crippen molar-refractivity contribution < 1.29 is 24.2 Å². The number of fused-ring (bicyclic) bond motifs is 1. The number of halogens is 2.